The lowest BCUT2D eigenvalue weighted by atomic mass is 10.1. The maximum atomic E-state index is 12.6. The third kappa shape index (κ3) is 4.16. The Labute approximate surface area is 170 Å². The van der Waals surface area contributed by atoms with Gasteiger partial charge in [-0.05, 0) is 36.2 Å². The number of carbonyl (C=O) groups excluding carboxylic acids is 1. The molecule has 0 aliphatic heterocycles. The number of aromatic nitrogens is 2. The Balaban J connectivity index is 1.98. The first-order valence-corrected chi connectivity index (χ1v) is 9.04. The van der Waals surface area contributed by atoms with E-state index < -0.39 is 10.9 Å². The number of benzene rings is 2. The van der Waals surface area contributed by atoms with E-state index in [-0.39, 0.29) is 28.1 Å². The minimum Gasteiger partial charge on any atom is -0.404 e. The maximum Gasteiger partial charge on any atom is 0.346 e. The molecular weight excluding hydrogens is 405 g/mol. The number of rotatable bonds is 5. The van der Waals surface area contributed by atoms with Crippen molar-refractivity contribution in [2.24, 2.45) is 0 Å². The van der Waals surface area contributed by atoms with Gasteiger partial charge >= 0.3 is 5.97 Å². The van der Waals surface area contributed by atoms with Gasteiger partial charge in [-0.3, -0.25) is 10.1 Å². The molecule has 1 heterocycles. The predicted molar refractivity (Wildman–Crippen MR) is 106 cm³/mol. The van der Waals surface area contributed by atoms with Crippen molar-refractivity contribution in [3.8, 4) is 11.6 Å². The molecule has 0 aliphatic rings. The number of ether oxygens (including phenoxy) is 1. The Morgan fingerprint density at radius 1 is 1.14 bits per heavy atom. The molecule has 0 spiro atoms. The van der Waals surface area contributed by atoms with Gasteiger partial charge in [0.15, 0.2) is 0 Å². The molecule has 0 saturated carbocycles. The van der Waals surface area contributed by atoms with Gasteiger partial charge in [-0.2, -0.15) is 5.10 Å². The van der Waals surface area contributed by atoms with Crippen molar-refractivity contribution in [3.05, 3.63) is 79.9 Å². The molecule has 0 bridgehead atoms. The molecule has 7 nitrogen and oxygen atoms in total. The van der Waals surface area contributed by atoms with E-state index in [2.05, 4.69) is 5.10 Å². The van der Waals surface area contributed by atoms with Crippen molar-refractivity contribution in [1.82, 2.24) is 9.78 Å². The zero-order valence-corrected chi connectivity index (χ0v) is 16.4. The average Bonchev–Trinajstić information content (AvgIpc) is 3.05. The summed E-state index contributed by atoms with van der Waals surface area (Å²) in [4.78, 5) is 22.9. The number of hydrogen-bond donors (Lipinski definition) is 0. The summed E-state index contributed by atoms with van der Waals surface area (Å²) in [7, 11) is 0. The number of hydrogen-bond acceptors (Lipinski definition) is 5. The van der Waals surface area contributed by atoms with Crippen LogP contribution in [0.5, 0.6) is 5.88 Å². The monoisotopic (exact) mass is 419 g/mol. The largest absolute Gasteiger partial charge is 0.404 e. The number of carbonyl (C=O) groups is 1. The minimum absolute atomic E-state index is 0.0496. The molecular formula is C19H15Cl2N3O4. The highest BCUT2D eigenvalue weighted by atomic mass is 35.5. The lowest BCUT2D eigenvalue weighted by Gasteiger charge is -2.09. The van der Waals surface area contributed by atoms with E-state index in [0.29, 0.717) is 16.4 Å². The van der Waals surface area contributed by atoms with Gasteiger partial charge in [0.1, 0.15) is 0 Å². The van der Waals surface area contributed by atoms with Crippen molar-refractivity contribution in [2.75, 3.05) is 0 Å². The van der Waals surface area contributed by atoms with E-state index >= 15 is 0 Å². The molecule has 0 saturated heterocycles. The van der Waals surface area contributed by atoms with Gasteiger partial charge < -0.3 is 4.74 Å². The molecule has 3 rings (SSSR count). The molecule has 0 amide bonds. The van der Waals surface area contributed by atoms with Crippen LogP contribution >= 0.6 is 23.2 Å². The summed E-state index contributed by atoms with van der Waals surface area (Å²) in [6, 6.07) is 11.9. The van der Waals surface area contributed by atoms with E-state index in [9.17, 15) is 14.9 Å². The molecule has 28 heavy (non-hydrogen) atoms. The highest BCUT2D eigenvalue weighted by Crippen LogP contribution is 2.27. The number of nitro groups is 1. The fourth-order valence-corrected chi connectivity index (χ4v) is 2.93. The van der Waals surface area contributed by atoms with Crippen LogP contribution in [-0.4, -0.2) is 20.7 Å². The van der Waals surface area contributed by atoms with E-state index in [1.54, 1.807) is 6.07 Å². The lowest BCUT2D eigenvalue weighted by molar-refractivity contribution is -0.384. The third-order valence-electron chi connectivity index (χ3n) is 3.94. The molecule has 0 unspecified atom stereocenters. The van der Waals surface area contributed by atoms with Crippen LogP contribution in [0, 0.1) is 10.1 Å². The highest BCUT2D eigenvalue weighted by Gasteiger charge is 2.19. The number of nitro benzene ring substituents is 1. The second-order valence-electron chi connectivity index (χ2n) is 6.26. The Hall–Kier alpha value is -2.90. The molecule has 9 heteroatoms. The second kappa shape index (κ2) is 8.00. The van der Waals surface area contributed by atoms with Crippen LogP contribution in [0.1, 0.15) is 35.8 Å². The number of halogens is 2. The van der Waals surface area contributed by atoms with Crippen molar-refractivity contribution < 1.29 is 14.5 Å². The average molecular weight is 420 g/mol. The third-order valence-corrected chi connectivity index (χ3v) is 4.49. The summed E-state index contributed by atoms with van der Waals surface area (Å²) in [5.74, 6) is -0.413. The molecule has 1 aromatic heterocycles. The summed E-state index contributed by atoms with van der Waals surface area (Å²) < 4.78 is 6.93. The minimum atomic E-state index is -0.667. The van der Waals surface area contributed by atoms with Crippen molar-refractivity contribution in [1.29, 1.82) is 0 Å². The fraction of sp³-hybridized carbons (Fsp3) is 0.158. The molecule has 0 aliphatic carbocycles. The first-order chi connectivity index (χ1) is 13.3. The van der Waals surface area contributed by atoms with Crippen LogP contribution in [0.2, 0.25) is 10.0 Å². The highest BCUT2D eigenvalue weighted by molar-refractivity contribution is 6.36. The summed E-state index contributed by atoms with van der Waals surface area (Å²) in [5, 5.41) is 15.9. The van der Waals surface area contributed by atoms with Crippen molar-refractivity contribution >= 4 is 34.9 Å². The molecule has 3 aromatic rings. The quantitative estimate of drug-likeness (QED) is 0.312. The molecule has 144 valence electrons. The SMILES string of the molecule is CC(C)c1cc(OC(=O)c2ccc(Cl)cc2Cl)n(-c2ccc([N+](=O)[O-])cc2)n1. The number of nitrogens with zero attached hydrogens (tertiary/aromatic N) is 3. The van der Waals surface area contributed by atoms with E-state index in [0.717, 1.165) is 0 Å². The smallest absolute Gasteiger partial charge is 0.346 e. The maximum absolute atomic E-state index is 12.6. The Morgan fingerprint density at radius 2 is 1.82 bits per heavy atom. The van der Waals surface area contributed by atoms with Gasteiger partial charge in [-0.25, -0.2) is 9.48 Å². The van der Waals surface area contributed by atoms with E-state index in [1.807, 2.05) is 13.8 Å². The zero-order valence-electron chi connectivity index (χ0n) is 14.9. The molecule has 0 N–H and O–H groups in total. The van der Waals surface area contributed by atoms with Gasteiger partial charge in [-0.15, -0.1) is 0 Å². The Kier molecular flexibility index (Phi) is 5.67. The molecule has 0 fully saturated rings. The summed E-state index contributed by atoms with van der Waals surface area (Å²) in [6.07, 6.45) is 0. The lowest BCUT2D eigenvalue weighted by Crippen LogP contribution is -2.12. The van der Waals surface area contributed by atoms with Gasteiger partial charge in [0.2, 0.25) is 5.88 Å². The van der Waals surface area contributed by atoms with Crippen LogP contribution in [0.4, 0.5) is 5.69 Å². The Bertz CT molecular complexity index is 1050. The predicted octanol–water partition coefficient (Wildman–Crippen LogP) is 5.43. The first kappa shape index (κ1) is 19.9. The van der Waals surface area contributed by atoms with E-state index in [4.69, 9.17) is 27.9 Å². The van der Waals surface area contributed by atoms with Gasteiger partial charge in [0.25, 0.3) is 5.69 Å². The van der Waals surface area contributed by atoms with Crippen molar-refractivity contribution in [3.63, 3.8) is 0 Å². The number of esters is 1. The van der Waals surface area contributed by atoms with Crippen LogP contribution in [0.15, 0.2) is 48.5 Å². The summed E-state index contributed by atoms with van der Waals surface area (Å²) >= 11 is 11.9. The fourth-order valence-electron chi connectivity index (χ4n) is 2.44. The van der Waals surface area contributed by atoms with E-state index in [1.165, 1.54) is 47.1 Å². The van der Waals surface area contributed by atoms with Crippen LogP contribution in [-0.2, 0) is 0 Å². The van der Waals surface area contributed by atoms with Crippen LogP contribution < -0.4 is 4.74 Å². The van der Waals surface area contributed by atoms with Gasteiger partial charge in [-0.1, -0.05) is 37.0 Å². The normalized spacial score (nSPS) is 10.9. The van der Waals surface area contributed by atoms with Gasteiger partial charge in [0, 0.05) is 23.2 Å². The molecule has 2 aromatic carbocycles. The van der Waals surface area contributed by atoms with Crippen LogP contribution in [0.25, 0.3) is 5.69 Å². The number of non-ortho nitro benzene ring substituents is 1. The first-order valence-electron chi connectivity index (χ1n) is 8.28. The standard InChI is InChI=1S/C19H15Cl2N3O4/c1-11(2)17-10-18(28-19(25)15-8-3-12(20)9-16(15)21)23(22-17)13-4-6-14(7-5-13)24(26)27/h3-11H,1-2H3. The summed E-state index contributed by atoms with van der Waals surface area (Å²) in [5.41, 5.74) is 1.32. The van der Waals surface area contributed by atoms with Gasteiger partial charge in [0.05, 0.1) is 26.9 Å². The van der Waals surface area contributed by atoms with Crippen LogP contribution in [0.3, 0.4) is 0 Å². The zero-order chi connectivity index (χ0) is 20.4. The van der Waals surface area contributed by atoms with Crippen molar-refractivity contribution in [2.45, 2.75) is 19.8 Å². The molecule has 0 atom stereocenters. The second-order valence-corrected chi connectivity index (χ2v) is 7.10. The topological polar surface area (TPSA) is 87.3 Å². The summed E-state index contributed by atoms with van der Waals surface area (Å²) in [6.45, 7) is 3.90. The Morgan fingerprint density at radius 3 is 2.39 bits per heavy atom. The molecule has 0 radical (unpaired) electrons.